The van der Waals surface area contributed by atoms with Crippen molar-refractivity contribution in [1.82, 2.24) is 20.3 Å². The zero-order valence-electron chi connectivity index (χ0n) is 11.8. The lowest BCUT2D eigenvalue weighted by atomic mass is 10.1. The van der Waals surface area contributed by atoms with Crippen LogP contribution in [0.25, 0.3) is 0 Å². The summed E-state index contributed by atoms with van der Waals surface area (Å²) in [6.07, 6.45) is 3.91. The van der Waals surface area contributed by atoms with Gasteiger partial charge < -0.3 is 5.32 Å². The molecule has 0 spiro atoms. The molecule has 1 aromatic heterocycles. The average molecular weight is 288 g/mol. The van der Waals surface area contributed by atoms with E-state index in [2.05, 4.69) is 15.6 Å². The van der Waals surface area contributed by atoms with E-state index in [1.54, 1.807) is 24.4 Å². The predicted octanol–water partition coefficient (Wildman–Crippen LogP) is 2.17. The van der Waals surface area contributed by atoms with E-state index in [4.69, 9.17) is 0 Å². The first-order valence-corrected chi connectivity index (χ1v) is 7.09. The number of nitrogens with zero attached hydrogens (tertiary/aromatic N) is 3. The minimum absolute atomic E-state index is 0.228. The van der Waals surface area contributed by atoms with E-state index < -0.39 is 0 Å². The van der Waals surface area contributed by atoms with Crippen LogP contribution in [0.1, 0.15) is 41.9 Å². The topological polar surface area (TPSA) is 59.8 Å². The van der Waals surface area contributed by atoms with Gasteiger partial charge in [0.1, 0.15) is 5.82 Å². The Balaban J connectivity index is 1.71. The van der Waals surface area contributed by atoms with Gasteiger partial charge in [0.25, 0.3) is 5.91 Å². The van der Waals surface area contributed by atoms with Gasteiger partial charge >= 0.3 is 0 Å². The highest BCUT2D eigenvalue weighted by Gasteiger charge is 2.23. The maximum atomic E-state index is 13.8. The molecule has 3 rings (SSSR count). The van der Waals surface area contributed by atoms with Crippen molar-refractivity contribution in [2.24, 2.45) is 5.92 Å². The van der Waals surface area contributed by atoms with Crippen LogP contribution < -0.4 is 5.32 Å². The smallest absolute Gasteiger partial charge is 0.273 e. The molecule has 0 unspecified atom stereocenters. The summed E-state index contributed by atoms with van der Waals surface area (Å²) in [4.78, 5) is 11.9. The van der Waals surface area contributed by atoms with Crippen molar-refractivity contribution in [1.29, 1.82) is 0 Å². The maximum Gasteiger partial charge on any atom is 0.273 e. The van der Waals surface area contributed by atoms with Crippen LogP contribution in [0, 0.1) is 11.7 Å². The van der Waals surface area contributed by atoms with E-state index in [9.17, 15) is 9.18 Å². The maximum absolute atomic E-state index is 13.8. The second-order valence-corrected chi connectivity index (χ2v) is 5.43. The molecule has 1 aliphatic rings. The molecule has 0 saturated heterocycles. The number of benzene rings is 1. The van der Waals surface area contributed by atoms with Crippen LogP contribution in [0.15, 0.2) is 30.5 Å². The van der Waals surface area contributed by atoms with Crippen LogP contribution in [0.2, 0.25) is 0 Å². The van der Waals surface area contributed by atoms with E-state index in [0.717, 1.165) is 0 Å². The Labute approximate surface area is 122 Å². The summed E-state index contributed by atoms with van der Waals surface area (Å²) in [5.74, 6) is 0.0930. The third-order valence-corrected chi connectivity index (χ3v) is 3.74. The number of carbonyl (C=O) groups is 1. The van der Waals surface area contributed by atoms with Gasteiger partial charge in [0, 0.05) is 12.1 Å². The Bertz CT molecular complexity index is 651. The van der Waals surface area contributed by atoms with E-state index in [-0.39, 0.29) is 23.5 Å². The van der Waals surface area contributed by atoms with E-state index in [1.165, 1.54) is 23.6 Å². The van der Waals surface area contributed by atoms with Crippen molar-refractivity contribution < 1.29 is 9.18 Å². The largest absolute Gasteiger partial charge is 0.350 e. The summed E-state index contributed by atoms with van der Waals surface area (Å²) in [5, 5.41) is 10.6. The van der Waals surface area contributed by atoms with Gasteiger partial charge in [0.05, 0.1) is 12.2 Å². The van der Waals surface area contributed by atoms with Gasteiger partial charge in [-0.25, -0.2) is 9.07 Å². The van der Waals surface area contributed by atoms with E-state index in [1.807, 2.05) is 6.92 Å². The third-order valence-electron chi connectivity index (χ3n) is 3.74. The molecule has 1 atom stereocenters. The number of hydrogen-bond acceptors (Lipinski definition) is 3. The van der Waals surface area contributed by atoms with Crippen molar-refractivity contribution in [3.05, 3.63) is 47.5 Å². The summed E-state index contributed by atoms with van der Waals surface area (Å²) in [6, 6.07) is 6.21. The summed E-state index contributed by atoms with van der Waals surface area (Å²) in [6.45, 7) is 2.51. The first-order chi connectivity index (χ1) is 10.1. The molecule has 21 heavy (non-hydrogen) atoms. The molecule has 0 radical (unpaired) electrons. The van der Waals surface area contributed by atoms with Crippen LogP contribution in [0.4, 0.5) is 4.39 Å². The molecule has 1 heterocycles. The molecular weight excluding hydrogens is 271 g/mol. The number of nitrogens with one attached hydrogen (secondary N) is 1. The lowest BCUT2D eigenvalue weighted by molar-refractivity contribution is 0.0946. The van der Waals surface area contributed by atoms with E-state index in [0.29, 0.717) is 18.0 Å². The highest BCUT2D eigenvalue weighted by atomic mass is 19.1. The average Bonchev–Trinajstić information content (AvgIpc) is 3.19. The lowest BCUT2D eigenvalue weighted by Gasteiger charge is -2.12. The van der Waals surface area contributed by atoms with Gasteiger partial charge in [-0.05, 0) is 31.7 Å². The Morgan fingerprint density at radius 3 is 2.95 bits per heavy atom. The van der Waals surface area contributed by atoms with Crippen molar-refractivity contribution in [3.63, 3.8) is 0 Å². The van der Waals surface area contributed by atoms with Crippen LogP contribution in [-0.2, 0) is 0 Å². The summed E-state index contributed by atoms with van der Waals surface area (Å²) >= 11 is 0. The highest BCUT2D eigenvalue weighted by molar-refractivity contribution is 5.91. The summed E-state index contributed by atoms with van der Waals surface area (Å²) in [7, 11) is 0. The van der Waals surface area contributed by atoms with Gasteiger partial charge in [0.15, 0.2) is 5.69 Å². The fourth-order valence-electron chi connectivity index (χ4n) is 2.18. The van der Waals surface area contributed by atoms with Crippen LogP contribution >= 0.6 is 0 Å². The third kappa shape index (κ3) is 3.09. The SMILES string of the molecule is C[C@@H](c1ccccc1F)n1cc(C(=O)NCC2CC2)nn1. The van der Waals surface area contributed by atoms with Gasteiger partial charge in [0.2, 0.25) is 0 Å². The van der Waals surface area contributed by atoms with Gasteiger partial charge in [-0.2, -0.15) is 0 Å². The van der Waals surface area contributed by atoms with Gasteiger partial charge in [-0.1, -0.05) is 23.4 Å². The number of carbonyl (C=O) groups excluding carboxylic acids is 1. The Hall–Kier alpha value is -2.24. The quantitative estimate of drug-likeness (QED) is 0.917. The molecular formula is C15H17FN4O. The Kier molecular flexibility index (Phi) is 3.68. The lowest BCUT2D eigenvalue weighted by Crippen LogP contribution is -2.25. The van der Waals surface area contributed by atoms with Crippen LogP contribution in [-0.4, -0.2) is 27.4 Å². The zero-order valence-corrected chi connectivity index (χ0v) is 11.8. The minimum Gasteiger partial charge on any atom is -0.350 e. The molecule has 0 bridgehead atoms. The highest BCUT2D eigenvalue weighted by Crippen LogP contribution is 2.27. The monoisotopic (exact) mass is 288 g/mol. The van der Waals surface area contributed by atoms with Crippen molar-refractivity contribution >= 4 is 5.91 Å². The molecule has 1 fully saturated rings. The standard InChI is InChI=1S/C15H17FN4O/c1-10(12-4-2-3-5-13(12)16)20-9-14(18-19-20)15(21)17-8-11-6-7-11/h2-5,9-11H,6-8H2,1H3,(H,17,21)/t10-/m0/s1. The number of rotatable bonds is 5. The molecule has 1 N–H and O–H groups in total. The second-order valence-electron chi connectivity index (χ2n) is 5.43. The van der Waals surface area contributed by atoms with E-state index >= 15 is 0 Å². The number of hydrogen-bond donors (Lipinski definition) is 1. The Morgan fingerprint density at radius 1 is 1.48 bits per heavy atom. The van der Waals surface area contributed by atoms with Gasteiger partial charge in [-0.3, -0.25) is 4.79 Å². The van der Waals surface area contributed by atoms with Crippen molar-refractivity contribution in [2.45, 2.75) is 25.8 Å². The normalized spacial score (nSPS) is 15.7. The zero-order chi connectivity index (χ0) is 14.8. The number of halogens is 1. The first-order valence-electron chi connectivity index (χ1n) is 7.09. The molecule has 110 valence electrons. The molecule has 6 heteroatoms. The minimum atomic E-state index is -0.316. The Morgan fingerprint density at radius 2 is 2.24 bits per heavy atom. The second kappa shape index (κ2) is 5.63. The molecule has 1 aromatic carbocycles. The number of aromatic nitrogens is 3. The molecule has 1 saturated carbocycles. The van der Waals surface area contributed by atoms with Crippen molar-refractivity contribution in [2.75, 3.05) is 6.54 Å². The summed E-state index contributed by atoms with van der Waals surface area (Å²) < 4.78 is 15.3. The molecule has 1 amide bonds. The molecule has 1 aliphatic carbocycles. The van der Waals surface area contributed by atoms with Gasteiger partial charge in [-0.15, -0.1) is 5.10 Å². The fourth-order valence-corrected chi connectivity index (χ4v) is 2.18. The fraction of sp³-hybridized carbons (Fsp3) is 0.400. The van der Waals surface area contributed by atoms with Crippen LogP contribution in [0.3, 0.4) is 0 Å². The number of amides is 1. The first kappa shape index (κ1) is 13.7. The molecule has 2 aromatic rings. The molecule has 0 aliphatic heterocycles. The van der Waals surface area contributed by atoms with Crippen LogP contribution in [0.5, 0.6) is 0 Å². The summed E-state index contributed by atoms with van der Waals surface area (Å²) in [5.41, 5.74) is 0.783. The predicted molar refractivity (Wildman–Crippen MR) is 75.3 cm³/mol. The molecule has 5 nitrogen and oxygen atoms in total. The van der Waals surface area contributed by atoms with Crippen molar-refractivity contribution in [3.8, 4) is 0 Å².